The van der Waals surface area contributed by atoms with Gasteiger partial charge in [0.2, 0.25) is 65.0 Å². The Balaban J connectivity index is 2.89. The van der Waals surface area contributed by atoms with Crippen LogP contribution < -0.4 is 75.7 Å². The molecule has 0 unspecified atom stereocenters. The molecule has 29 heteroatoms. The molecule has 19 N–H and O–H groups in total. The molecule has 0 aliphatic carbocycles. The van der Waals surface area contributed by atoms with Gasteiger partial charge in [-0.1, -0.05) is 44.2 Å². The maximum atomic E-state index is 13.5. The second kappa shape index (κ2) is 33.9. The number of thioether (sulfide) groups is 1. The zero-order chi connectivity index (χ0) is 55.2. The van der Waals surface area contributed by atoms with E-state index in [0.29, 0.717) is 11.3 Å². The van der Waals surface area contributed by atoms with Crippen molar-refractivity contribution in [1.29, 1.82) is 5.41 Å². The number of nitrogens with one attached hydrogen (secondary N) is 12. The van der Waals surface area contributed by atoms with E-state index in [0.717, 1.165) is 0 Å². The van der Waals surface area contributed by atoms with Gasteiger partial charge < -0.3 is 80.8 Å². The van der Waals surface area contributed by atoms with Crippen LogP contribution in [0.4, 0.5) is 0 Å². The molecule has 0 aromatic heterocycles. The molecule has 0 aliphatic rings. The molecular formula is C44H71N15O13S. The summed E-state index contributed by atoms with van der Waals surface area (Å²) in [6.07, 6.45) is 1.39. The predicted molar refractivity (Wildman–Crippen MR) is 266 cm³/mol. The quantitative estimate of drug-likeness (QED) is 0.0174. The summed E-state index contributed by atoms with van der Waals surface area (Å²) in [4.78, 5) is 153. The number of aliphatic carboxylic acids is 1. The highest BCUT2D eigenvalue weighted by Crippen LogP contribution is 2.08. The Bertz CT molecular complexity index is 2100. The van der Waals surface area contributed by atoms with E-state index in [1.54, 1.807) is 50.4 Å². The molecule has 73 heavy (non-hydrogen) atoms. The lowest BCUT2D eigenvalue weighted by Crippen LogP contribution is -2.58. The Morgan fingerprint density at radius 1 is 0.575 bits per heavy atom. The first-order chi connectivity index (χ1) is 34.4. The van der Waals surface area contributed by atoms with Gasteiger partial charge in [0, 0.05) is 19.4 Å². The van der Waals surface area contributed by atoms with Crippen molar-refractivity contribution < 1.29 is 62.6 Å². The van der Waals surface area contributed by atoms with E-state index in [4.69, 9.17) is 22.6 Å². The standard InChI is InChI=1S/C44H71N15O13S/c1-23(2)36(42(70)58-29(15-17-73-5)40(68)52-21-34(63)56-30(43(71)72)18-26-10-7-6-8-11-26)59-35(64)22-50-37(65)24(3)54-41(69)28(13-14-31(46)60)55-33(62)20-51-39(67)27(12-9-16-49-44(47)48)57-38(66)25(4)53-32(61)19-45/h6-8,10-11,23-25,27-30,36H,9,12-22,45H2,1-5H3,(H2,46,60)(H,50,65)(H,51,67)(H,52,68)(H,53,61)(H,54,69)(H,55,62)(H,56,63)(H,57,66)(H,58,70)(H,59,64)(H,71,72)(H4,47,48,49)/t24-,25-,27-,28-,29-,30-,36-/m0/s1. The van der Waals surface area contributed by atoms with Gasteiger partial charge in [0.1, 0.15) is 42.3 Å². The van der Waals surface area contributed by atoms with E-state index < -0.39 is 145 Å². The summed E-state index contributed by atoms with van der Waals surface area (Å²) in [5.74, 6) is -10.6. The van der Waals surface area contributed by atoms with Gasteiger partial charge in [-0.3, -0.25) is 58.1 Å². The molecule has 0 fully saturated rings. The van der Waals surface area contributed by atoms with Crippen LogP contribution in [0.1, 0.15) is 65.4 Å². The second-order valence-corrected chi connectivity index (χ2v) is 17.8. The number of primary amides is 1. The molecule has 1 rings (SSSR count). The monoisotopic (exact) mass is 1050 g/mol. The molecular weight excluding hydrogens is 979 g/mol. The Labute approximate surface area is 426 Å². The molecule has 406 valence electrons. The zero-order valence-corrected chi connectivity index (χ0v) is 42.3. The van der Waals surface area contributed by atoms with E-state index >= 15 is 0 Å². The van der Waals surface area contributed by atoms with Crippen molar-refractivity contribution in [1.82, 2.24) is 58.5 Å². The van der Waals surface area contributed by atoms with Gasteiger partial charge in [-0.15, -0.1) is 0 Å². The highest BCUT2D eigenvalue weighted by atomic mass is 32.2. The van der Waals surface area contributed by atoms with Gasteiger partial charge in [-0.2, -0.15) is 11.8 Å². The van der Waals surface area contributed by atoms with Gasteiger partial charge in [0.05, 0.1) is 26.2 Å². The predicted octanol–water partition coefficient (Wildman–Crippen LogP) is -6.01. The van der Waals surface area contributed by atoms with Gasteiger partial charge >= 0.3 is 5.97 Å². The van der Waals surface area contributed by atoms with E-state index in [9.17, 15) is 62.6 Å². The summed E-state index contributed by atoms with van der Waals surface area (Å²) in [5.41, 5.74) is 16.5. The molecule has 0 saturated carbocycles. The molecule has 0 saturated heterocycles. The van der Waals surface area contributed by atoms with Crippen molar-refractivity contribution in [2.75, 3.05) is 44.7 Å². The van der Waals surface area contributed by atoms with Crippen molar-refractivity contribution >= 4 is 88.7 Å². The fourth-order valence-electron chi connectivity index (χ4n) is 6.36. The third-order valence-electron chi connectivity index (χ3n) is 10.4. The van der Waals surface area contributed by atoms with Crippen LogP contribution in [-0.2, 0) is 64.0 Å². The van der Waals surface area contributed by atoms with Crippen LogP contribution in [0.5, 0.6) is 0 Å². The maximum Gasteiger partial charge on any atom is 0.326 e. The van der Waals surface area contributed by atoms with Crippen molar-refractivity contribution in [3.63, 3.8) is 0 Å². The number of benzene rings is 1. The van der Waals surface area contributed by atoms with E-state index in [-0.39, 0.29) is 51.0 Å². The average Bonchev–Trinajstić information content (AvgIpc) is 3.33. The van der Waals surface area contributed by atoms with Crippen LogP contribution in [0.3, 0.4) is 0 Å². The Morgan fingerprint density at radius 3 is 1.60 bits per heavy atom. The number of amides is 11. The zero-order valence-electron chi connectivity index (χ0n) is 41.5. The van der Waals surface area contributed by atoms with Gasteiger partial charge in [-0.25, -0.2) is 4.79 Å². The first-order valence-corrected chi connectivity index (χ1v) is 24.5. The summed E-state index contributed by atoms with van der Waals surface area (Å²) >= 11 is 1.38. The summed E-state index contributed by atoms with van der Waals surface area (Å²) in [6, 6.07) is -0.179. The summed E-state index contributed by atoms with van der Waals surface area (Å²) in [7, 11) is 0. The lowest BCUT2D eigenvalue weighted by Gasteiger charge is -2.25. The van der Waals surface area contributed by atoms with Crippen LogP contribution in [0, 0.1) is 11.3 Å². The number of rotatable bonds is 34. The Hall–Kier alpha value is -7.56. The molecule has 0 bridgehead atoms. The summed E-state index contributed by atoms with van der Waals surface area (Å²) in [5, 5.41) is 43.5. The summed E-state index contributed by atoms with van der Waals surface area (Å²) in [6.45, 7) is 3.59. The average molecular weight is 1050 g/mol. The summed E-state index contributed by atoms with van der Waals surface area (Å²) < 4.78 is 0. The van der Waals surface area contributed by atoms with Crippen molar-refractivity contribution in [2.24, 2.45) is 23.1 Å². The smallest absolute Gasteiger partial charge is 0.326 e. The van der Waals surface area contributed by atoms with E-state index in [2.05, 4.69) is 58.5 Å². The fraction of sp³-hybridized carbons (Fsp3) is 0.568. The minimum Gasteiger partial charge on any atom is -0.480 e. The first kappa shape index (κ1) is 63.5. The molecule has 7 atom stereocenters. The molecule has 28 nitrogen and oxygen atoms in total. The number of carboxylic acids is 1. The lowest BCUT2D eigenvalue weighted by atomic mass is 10.0. The van der Waals surface area contributed by atoms with Crippen LogP contribution in [0.25, 0.3) is 0 Å². The molecule has 0 aliphatic heterocycles. The van der Waals surface area contributed by atoms with Crippen LogP contribution in [0.2, 0.25) is 0 Å². The van der Waals surface area contributed by atoms with E-state index in [1.165, 1.54) is 25.6 Å². The van der Waals surface area contributed by atoms with Crippen LogP contribution >= 0.6 is 11.8 Å². The van der Waals surface area contributed by atoms with Crippen LogP contribution in [-0.4, -0.2) is 169 Å². The molecule has 1 aromatic carbocycles. The number of nitrogens with two attached hydrogens (primary N) is 3. The van der Waals surface area contributed by atoms with Crippen LogP contribution in [0.15, 0.2) is 30.3 Å². The highest BCUT2D eigenvalue weighted by Gasteiger charge is 2.31. The molecule has 0 spiro atoms. The second-order valence-electron chi connectivity index (χ2n) is 16.8. The van der Waals surface area contributed by atoms with E-state index in [1.807, 2.05) is 0 Å². The third kappa shape index (κ3) is 26.5. The van der Waals surface area contributed by atoms with Crippen molar-refractivity contribution in [3.8, 4) is 0 Å². The molecule has 11 amide bonds. The maximum absolute atomic E-state index is 13.5. The van der Waals surface area contributed by atoms with Gasteiger partial charge in [0.15, 0.2) is 5.96 Å². The van der Waals surface area contributed by atoms with Gasteiger partial charge in [0.25, 0.3) is 0 Å². The molecule has 0 radical (unpaired) electrons. The Morgan fingerprint density at radius 2 is 1.08 bits per heavy atom. The van der Waals surface area contributed by atoms with Gasteiger partial charge in [-0.05, 0) is 63.0 Å². The normalized spacial score (nSPS) is 13.6. The SMILES string of the molecule is CSCC[C@H](NC(=O)[C@@H](NC(=O)CNC(=O)[C@H](C)NC(=O)[C@H](CCC(N)=O)NC(=O)CNC(=O)[C@H](CCCNC(=N)N)NC(=O)[C@H](C)NC(=O)CN)C(C)C)C(=O)NCC(=O)N[C@@H](Cc1ccccc1)C(=O)O. The molecule has 0 heterocycles. The number of carbonyl (C=O) groups is 12. The lowest BCUT2D eigenvalue weighted by molar-refractivity contribution is -0.141. The largest absolute Gasteiger partial charge is 0.480 e. The number of hydrogen-bond acceptors (Lipinski definition) is 15. The minimum atomic E-state index is -1.46. The van der Waals surface area contributed by atoms with Crippen molar-refractivity contribution in [3.05, 3.63) is 35.9 Å². The Kier molecular flexibility index (Phi) is 29.5. The number of carboxylic acid groups (broad SMARTS) is 1. The number of carbonyl (C=O) groups excluding carboxylic acids is 11. The topological polar surface area (TPSA) is 459 Å². The number of hydrogen-bond donors (Lipinski definition) is 16. The number of guanidine groups is 1. The fourth-order valence-corrected chi connectivity index (χ4v) is 6.83. The van der Waals surface area contributed by atoms with Crippen molar-refractivity contribution in [2.45, 2.75) is 109 Å². The third-order valence-corrected chi connectivity index (χ3v) is 11.0. The minimum absolute atomic E-state index is 0.00189. The highest BCUT2D eigenvalue weighted by molar-refractivity contribution is 7.98. The molecule has 1 aromatic rings. The first-order valence-electron chi connectivity index (χ1n) is 23.1.